The number of nitrogens with zero attached hydrogens (tertiary/aromatic N) is 1. The number of hydrogen-bond donors (Lipinski definition) is 1. The standard InChI is InChI=1S/C16H24Cl2N2/c1-12(15-4-3-14(17)11-16(15)18)19-8-5-13-6-9-20(2)10-7-13/h3-4,11-13,19H,5-10H2,1-2H3. The molecule has 2 rings (SSSR count). The lowest BCUT2D eigenvalue weighted by Gasteiger charge is -2.29. The van der Waals surface area contributed by atoms with Crippen LogP contribution in [0.4, 0.5) is 0 Å². The first-order chi connectivity index (χ1) is 9.56. The molecule has 0 amide bonds. The highest BCUT2D eigenvalue weighted by Gasteiger charge is 2.17. The van der Waals surface area contributed by atoms with E-state index in [2.05, 4.69) is 24.2 Å². The normalized spacial score (nSPS) is 19.2. The number of hydrogen-bond acceptors (Lipinski definition) is 2. The highest BCUT2D eigenvalue weighted by atomic mass is 35.5. The van der Waals surface area contributed by atoms with Gasteiger partial charge in [-0.15, -0.1) is 0 Å². The van der Waals surface area contributed by atoms with Crippen molar-refractivity contribution in [3.63, 3.8) is 0 Å². The van der Waals surface area contributed by atoms with Crippen LogP contribution in [-0.2, 0) is 0 Å². The summed E-state index contributed by atoms with van der Waals surface area (Å²) in [5, 5.41) is 5.02. The van der Waals surface area contributed by atoms with E-state index in [9.17, 15) is 0 Å². The number of piperidine rings is 1. The van der Waals surface area contributed by atoms with Crippen molar-refractivity contribution in [1.29, 1.82) is 0 Å². The molecule has 1 aliphatic heterocycles. The third-order valence-electron chi connectivity index (χ3n) is 4.27. The average Bonchev–Trinajstić information content (AvgIpc) is 2.41. The van der Waals surface area contributed by atoms with Crippen LogP contribution in [0.5, 0.6) is 0 Å². The van der Waals surface area contributed by atoms with Crippen LogP contribution < -0.4 is 5.32 Å². The highest BCUT2D eigenvalue weighted by Crippen LogP contribution is 2.26. The molecule has 0 bridgehead atoms. The molecule has 0 saturated carbocycles. The van der Waals surface area contributed by atoms with Gasteiger partial charge >= 0.3 is 0 Å². The number of halogens is 2. The quantitative estimate of drug-likeness (QED) is 0.867. The molecule has 1 aliphatic rings. The Hall–Kier alpha value is -0.280. The SMILES string of the molecule is CC(NCCC1CCN(C)CC1)c1ccc(Cl)cc1Cl. The fourth-order valence-electron chi connectivity index (χ4n) is 2.82. The van der Waals surface area contributed by atoms with Gasteiger partial charge in [0.2, 0.25) is 0 Å². The minimum absolute atomic E-state index is 0.269. The molecular formula is C16H24Cl2N2. The molecule has 0 aromatic heterocycles. The largest absolute Gasteiger partial charge is 0.310 e. The molecule has 2 nitrogen and oxygen atoms in total. The zero-order valence-corrected chi connectivity index (χ0v) is 13.8. The smallest absolute Gasteiger partial charge is 0.0468 e. The molecule has 1 N–H and O–H groups in total. The van der Waals surface area contributed by atoms with Crippen LogP contribution in [0.1, 0.15) is 37.8 Å². The van der Waals surface area contributed by atoms with Crippen molar-refractivity contribution in [2.45, 2.75) is 32.2 Å². The van der Waals surface area contributed by atoms with E-state index in [1.807, 2.05) is 18.2 Å². The van der Waals surface area contributed by atoms with Crippen LogP contribution in [0.25, 0.3) is 0 Å². The summed E-state index contributed by atoms with van der Waals surface area (Å²) in [5.41, 5.74) is 1.12. The Balaban J connectivity index is 1.76. The van der Waals surface area contributed by atoms with E-state index in [4.69, 9.17) is 23.2 Å². The van der Waals surface area contributed by atoms with Crippen LogP contribution in [0.3, 0.4) is 0 Å². The molecular weight excluding hydrogens is 291 g/mol. The molecule has 0 aliphatic carbocycles. The predicted molar refractivity (Wildman–Crippen MR) is 87.7 cm³/mol. The van der Waals surface area contributed by atoms with Gasteiger partial charge in [0.15, 0.2) is 0 Å². The van der Waals surface area contributed by atoms with Crippen molar-refractivity contribution < 1.29 is 0 Å². The van der Waals surface area contributed by atoms with Crippen molar-refractivity contribution in [3.8, 4) is 0 Å². The van der Waals surface area contributed by atoms with Crippen LogP contribution in [0.2, 0.25) is 10.0 Å². The van der Waals surface area contributed by atoms with Crippen molar-refractivity contribution in [2.75, 3.05) is 26.7 Å². The average molecular weight is 315 g/mol. The molecule has 1 saturated heterocycles. The summed E-state index contributed by atoms with van der Waals surface area (Å²) in [4.78, 5) is 2.42. The van der Waals surface area contributed by atoms with Crippen LogP contribution in [0, 0.1) is 5.92 Å². The van der Waals surface area contributed by atoms with Gasteiger partial charge in [0.1, 0.15) is 0 Å². The second kappa shape index (κ2) is 7.65. The monoisotopic (exact) mass is 314 g/mol. The first kappa shape index (κ1) is 16.1. The molecule has 20 heavy (non-hydrogen) atoms. The van der Waals surface area contributed by atoms with Crippen molar-refractivity contribution in [2.24, 2.45) is 5.92 Å². The Kier molecular flexibility index (Phi) is 6.16. The Labute approximate surface area is 132 Å². The maximum absolute atomic E-state index is 6.24. The molecule has 1 heterocycles. The van der Waals surface area contributed by atoms with E-state index in [1.165, 1.54) is 32.4 Å². The minimum Gasteiger partial charge on any atom is -0.310 e. The van der Waals surface area contributed by atoms with E-state index >= 15 is 0 Å². The van der Waals surface area contributed by atoms with Crippen LogP contribution in [-0.4, -0.2) is 31.6 Å². The van der Waals surface area contributed by atoms with Gasteiger partial charge < -0.3 is 10.2 Å². The summed E-state index contributed by atoms with van der Waals surface area (Å²) in [6.07, 6.45) is 3.91. The zero-order valence-electron chi connectivity index (χ0n) is 12.3. The predicted octanol–water partition coefficient (Wildman–Crippen LogP) is 4.38. The van der Waals surface area contributed by atoms with Gasteiger partial charge in [-0.3, -0.25) is 0 Å². The summed E-state index contributed by atoms with van der Waals surface area (Å²) < 4.78 is 0. The molecule has 4 heteroatoms. The minimum atomic E-state index is 0.269. The van der Waals surface area contributed by atoms with Crippen LogP contribution in [0.15, 0.2) is 18.2 Å². The Morgan fingerprint density at radius 2 is 2.00 bits per heavy atom. The van der Waals surface area contributed by atoms with Crippen molar-refractivity contribution in [1.82, 2.24) is 10.2 Å². The Bertz CT molecular complexity index is 428. The fourth-order valence-corrected chi connectivity index (χ4v) is 3.39. The Morgan fingerprint density at radius 3 is 2.65 bits per heavy atom. The van der Waals surface area contributed by atoms with Crippen molar-refractivity contribution >= 4 is 23.2 Å². The number of rotatable bonds is 5. The zero-order chi connectivity index (χ0) is 14.5. The van der Waals surface area contributed by atoms with E-state index < -0.39 is 0 Å². The van der Waals surface area contributed by atoms with Crippen molar-refractivity contribution in [3.05, 3.63) is 33.8 Å². The Morgan fingerprint density at radius 1 is 1.30 bits per heavy atom. The number of nitrogens with one attached hydrogen (secondary N) is 1. The van der Waals surface area contributed by atoms with Crippen LogP contribution >= 0.6 is 23.2 Å². The molecule has 1 aromatic carbocycles. The lowest BCUT2D eigenvalue weighted by Crippen LogP contribution is -2.32. The van der Waals surface area contributed by atoms with Gasteiger partial charge in [0.25, 0.3) is 0 Å². The topological polar surface area (TPSA) is 15.3 Å². The maximum Gasteiger partial charge on any atom is 0.0468 e. The second-order valence-electron chi connectivity index (χ2n) is 5.88. The second-order valence-corrected chi connectivity index (χ2v) is 6.72. The highest BCUT2D eigenvalue weighted by molar-refractivity contribution is 6.35. The van der Waals surface area contributed by atoms with E-state index in [1.54, 1.807) is 0 Å². The molecule has 0 radical (unpaired) electrons. The molecule has 1 aromatic rings. The third-order valence-corrected chi connectivity index (χ3v) is 4.83. The summed E-state index contributed by atoms with van der Waals surface area (Å²) >= 11 is 12.2. The van der Waals surface area contributed by atoms with Gasteiger partial charge in [-0.2, -0.15) is 0 Å². The molecule has 1 atom stereocenters. The summed E-state index contributed by atoms with van der Waals surface area (Å²) in [7, 11) is 2.21. The number of likely N-dealkylation sites (tertiary alicyclic amines) is 1. The summed E-state index contributed by atoms with van der Waals surface area (Å²) in [6.45, 7) is 5.69. The molecule has 1 fully saturated rings. The molecule has 0 spiro atoms. The maximum atomic E-state index is 6.24. The summed E-state index contributed by atoms with van der Waals surface area (Å²) in [6, 6.07) is 6.00. The molecule has 1 unspecified atom stereocenters. The van der Waals surface area contributed by atoms with Gasteiger partial charge in [-0.25, -0.2) is 0 Å². The lowest BCUT2D eigenvalue weighted by atomic mass is 9.93. The lowest BCUT2D eigenvalue weighted by molar-refractivity contribution is 0.211. The molecule has 112 valence electrons. The van der Waals surface area contributed by atoms with Gasteiger partial charge in [-0.1, -0.05) is 29.3 Å². The first-order valence-corrected chi connectivity index (χ1v) is 8.18. The van der Waals surface area contributed by atoms with Gasteiger partial charge in [0, 0.05) is 16.1 Å². The van der Waals surface area contributed by atoms with E-state index in [0.717, 1.165) is 23.0 Å². The first-order valence-electron chi connectivity index (χ1n) is 7.43. The van der Waals surface area contributed by atoms with Gasteiger partial charge in [-0.05, 0) is 76.5 Å². The van der Waals surface area contributed by atoms with Gasteiger partial charge in [0.05, 0.1) is 0 Å². The third kappa shape index (κ3) is 4.63. The fraction of sp³-hybridized carbons (Fsp3) is 0.625. The van der Waals surface area contributed by atoms with E-state index in [-0.39, 0.29) is 6.04 Å². The van der Waals surface area contributed by atoms with E-state index in [0.29, 0.717) is 5.02 Å². The number of benzene rings is 1. The summed E-state index contributed by atoms with van der Waals surface area (Å²) in [5.74, 6) is 0.867.